The summed E-state index contributed by atoms with van der Waals surface area (Å²) in [6.45, 7) is 8.92. The largest absolute Gasteiger partial charge is 0.378 e. The van der Waals surface area contributed by atoms with Gasteiger partial charge in [0.1, 0.15) is 9.77 Å². The quantitative estimate of drug-likeness (QED) is 0.466. The molecule has 0 aliphatic carbocycles. The molecule has 1 fully saturated rings. The van der Waals surface area contributed by atoms with Gasteiger partial charge in [-0.1, -0.05) is 29.8 Å². The van der Waals surface area contributed by atoms with E-state index in [4.69, 9.17) is 16.3 Å². The van der Waals surface area contributed by atoms with Gasteiger partial charge in [-0.3, -0.25) is 9.52 Å². The summed E-state index contributed by atoms with van der Waals surface area (Å²) in [5.41, 5.74) is 5.08. The van der Waals surface area contributed by atoms with Crippen LogP contribution in [0.25, 0.3) is 0 Å². The topological polar surface area (TPSA) is 87.7 Å². The minimum atomic E-state index is -3.96. The van der Waals surface area contributed by atoms with Crippen molar-refractivity contribution < 1.29 is 17.9 Å². The number of hydrogen-bond donors (Lipinski definition) is 2. The van der Waals surface area contributed by atoms with Gasteiger partial charge in [-0.15, -0.1) is 11.3 Å². The van der Waals surface area contributed by atoms with Crippen LogP contribution in [0.4, 0.5) is 17.1 Å². The zero-order valence-electron chi connectivity index (χ0n) is 19.1. The minimum Gasteiger partial charge on any atom is -0.378 e. The molecule has 0 unspecified atom stereocenters. The maximum Gasteiger partial charge on any atom is 0.267 e. The van der Waals surface area contributed by atoms with Gasteiger partial charge in [0.15, 0.2) is 0 Å². The molecule has 0 atom stereocenters. The molecule has 2 aromatic carbocycles. The zero-order valence-corrected chi connectivity index (χ0v) is 21.5. The van der Waals surface area contributed by atoms with Crippen molar-refractivity contribution in [1.82, 2.24) is 0 Å². The maximum atomic E-state index is 13.3. The molecular formula is C24H26ClN3O4S2. The van der Waals surface area contributed by atoms with Crippen LogP contribution in [0.2, 0.25) is 5.02 Å². The summed E-state index contributed by atoms with van der Waals surface area (Å²) in [4.78, 5) is 15.8. The van der Waals surface area contributed by atoms with Gasteiger partial charge in [-0.05, 0) is 61.0 Å². The molecule has 0 radical (unpaired) electrons. The fourth-order valence-electron chi connectivity index (χ4n) is 4.24. The first-order valence-electron chi connectivity index (χ1n) is 10.8. The lowest BCUT2D eigenvalue weighted by molar-refractivity contribution is 0.103. The fraction of sp³-hybridized carbons (Fsp3) is 0.292. The molecule has 34 heavy (non-hydrogen) atoms. The Kier molecular flexibility index (Phi) is 7.18. The second-order valence-electron chi connectivity index (χ2n) is 8.11. The van der Waals surface area contributed by atoms with Crippen LogP contribution in [0.5, 0.6) is 0 Å². The predicted octanol–water partition coefficient (Wildman–Crippen LogP) is 5.22. The second kappa shape index (κ2) is 9.95. The minimum absolute atomic E-state index is 0.0467. The number of halogens is 1. The number of morpholine rings is 1. The van der Waals surface area contributed by atoms with E-state index in [2.05, 4.69) is 27.9 Å². The number of nitrogens with zero attached hydrogens (tertiary/aromatic N) is 1. The van der Waals surface area contributed by atoms with Crippen molar-refractivity contribution in [3.63, 3.8) is 0 Å². The first-order chi connectivity index (χ1) is 16.2. The Morgan fingerprint density at radius 2 is 1.79 bits per heavy atom. The van der Waals surface area contributed by atoms with Crippen molar-refractivity contribution in [1.29, 1.82) is 0 Å². The first-order valence-corrected chi connectivity index (χ1v) is 13.5. The van der Waals surface area contributed by atoms with E-state index in [0.29, 0.717) is 13.2 Å². The Morgan fingerprint density at radius 3 is 2.50 bits per heavy atom. The second-order valence-corrected chi connectivity index (χ2v) is 11.1. The summed E-state index contributed by atoms with van der Waals surface area (Å²) in [6, 6.07) is 9.80. The van der Waals surface area contributed by atoms with E-state index in [1.807, 2.05) is 13.8 Å². The maximum absolute atomic E-state index is 13.3. The Labute approximate surface area is 208 Å². The molecule has 3 aromatic rings. The highest BCUT2D eigenvalue weighted by Gasteiger charge is 2.24. The Bertz CT molecular complexity index is 1330. The molecule has 0 saturated carbocycles. The van der Waals surface area contributed by atoms with Gasteiger partial charge in [0.05, 0.1) is 23.9 Å². The van der Waals surface area contributed by atoms with Gasteiger partial charge in [-0.25, -0.2) is 8.42 Å². The van der Waals surface area contributed by atoms with E-state index in [-0.39, 0.29) is 26.4 Å². The van der Waals surface area contributed by atoms with Gasteiger partial charge in [-0.2, -0.15) is 0 Å². The van der Waals surface area contributed by atoms with Crippen LogP contribution < -0.4 is 14.9 Å². The van der Waals surface area contributed by atoms with Crippen LogP contribution >= 0.6 is 22.9 Å². The van der Waals surface area contributed by atoms with Crippen molar-refractivity contribution in [3.8, 4) is 0 Å². The number of sulfonamides is 1. The number of aryl methyl sites for hydroxylation is 2. The predicted molar refractivity (Wildman–Crippen MR) is 138 cm³/mol. The summed E-state index contributed by atoms with van der Waals surface area (Å²) in [6.07, 6.45) is 0. The van der Waals surface area contributed by atoms with Crippen LogP contribution in [0, 0.1) is 20.8 Å². The Balaban J connectivity index is 1.62. The molecular weight excluding hydrogens is 494 g/mol. The lowest BCUT2D eigenvalue weighted by Gasteiger charge is -2.32. The molecule has 180 valence electrons. The molecule has 1 aromatic heterocycles. The molecule has 0 bridgehead atoms. The third-order valence-corrected chi connectivity index (χ3v) is 8.52. The lowest BCUT2D eigenvalue weighted by Crippen LogP contribution is -2.37. The summed E-state index contributed by atoms with van der Waals surface area (Å²) in [5.74, 6) is -0.380. The number of thiophene rings is 1. The number of amides is 1. The molecule has 2 N–H and O–H groups in total. The van der Waals surface area contributed by atoms with Gasteiger partial charge < -0.3 is 15.0 Å². The smallest absolute Gasteiger partial charge is 0.267 e. The number of carbonyl (C=O) groups excluding carboxylic acids is 1. The highest BCUT2D eigenvalue weighted by molar-refractivity contribution is 7.92. The summed E-state index contributed by atoms with van der Waals surface area (Å²) in [5, 5.41) is 4.80. The number of benzene rings is 2. The lowest BCUT2D eigenvalue weighted by atomic mass is 10.0. The third-order valence-electron chi connectivity index (χ3n) is 5.74. The number of hydrogen-bond acceptors (Lipinski definition) is 6. The van der Waals surface area contributed by atoms with Gasteiger partial charge in [0.25, 0.3) is 15.9 Å². The molecule has 0 spiro atoms. The number of carbonyl (C=O) groups is 1. The van der Waals surface area contributed by atoms with E-state index in [1.165, 1.54) is 23.5 Å². The fourth-order valence-corrected chi connectivity index (χ4v) is 6.64. The normalized spacial score (nSPS) is 14.2. The number of ether oxygens (including phenoxy) is 1. The average molecular weight is 520 g/mol. The summed E-state index contributed by atoms with van der Waals surface area (Å²) >= 11 is 7.24. The Morgan fingerprint density at radius 1 is 1.09 bits per heavy atom. The molecule has 1 amide bonds. The van der Waals surface area contributed by atoms with Gasteiger partial charge in [0, 0.05) is 24.5 Å². The van der Waals surface area contributed by atoms with E-state index in [0.717, 1.165) is 41.2 Å². The average Bonchev–Trinajstić information content (AvgIpc) is 3.25. The number of rotatable bonds is 6. The summed E-state index contributed by atoms with van der Waals surface area (Å²) < 4.78 is 33.8. The molecule has 7 nitrogen and oxygen atoms in total. The highest BCUT2D eigenvalue weighted by Crippen LogP contribution is 2.35. The van der Waals surface area contributed by atoms with E-state index < -0.39 is 10.0 Å². The van der Waals surface area contributed by atoms with E-state index in [9.17, 15) is 13.2 Å². The van der Waals surface area contributed by atoms with Crippen molar-refractivity contribution >= 4 is 55.9 Å². The van der Waals surface area contributed by atoms with E-state index >= 15 is 0 Å². The van der Waals surface area contributed by atoms with Crippen molar-refractivity contribution in [2.24, 2.45) is 0 Å². The zero-order chi connectivity index (χ0) is 24.5. The molecule has 1 aliphatic rings. The standard InChI is InChI=1S/C24H26ClN3O4S2/c1-15-14-16(2)22(28-9-11-32-12-10-28)17(3)21(15)26-24(29)23-19(8-13-33-23)27-34(30,31)20-7-5-4-6-18(20)25/h4-8,13-14,27H,9-12H2,1-3H3,(H,26,29). The summed E-state index contributed by atoms with van der Waals surface area (Å²) in [7, 11) is -3.96. The first kappa shape index (κ1) is 24.5. The molecule has 1 saturated heterocycles. The van der Waals surface area contributed by atoms with Gasteiger partial charge in [0.2, 0.25) is 0 Å². The molecule has 1 aliphatic heterocycles. The van der Waals surface area contributed by atoms with Crippen LogP contribution in [0.3, 0.4) is 0 Å². The van der Waals surface area contributed by atoms with Crippen LogP contribution in [0.15, 0.2) is 46.7 Å². The van der Waals surface area contributed by atoms with E-state index in [1.54, 1.807) is 23.6 Å². The van der Waals surface area contributed by atoms with Crippen molar-refractivity contribution in [2.75, 3.05) is 41.2 Å². The molecule has 4 rings (SSSR count). The highest BCUT2D eigenvalue weighted by atomic mass is 35.5. The Hall–Kier alpha value is -2.59. The van der Waals surface area contributed by atoms with Crippen LogP contribution in [0.1, 0.15) is 26.4 Å². The SMILES string of the molecule is Cc1cc(C)c(N2CCOCC2)c(C)c1NC(=O)c1sccc1NS(=O)(=O)c1ccccc1Cl. The molecule has 2 heterocycles. The van der Waals surface area contributed by atoms with Crippen molar-refractivity contribution in [2.45, 2.75) is 25.7 Å². The van der Waals surface area contributed by atoms with Crippen molar-refractivity contribution in [3.05, 3.63) is 68.4 Å². The van der Waals surface area contributed by atoms with Crippen LogP contribution in [-0.4, -0.2) is 40.6 Å². The van der Waals surface area contributed by atoms with Crippen LogP contribution in [-0.2, 0) is 14.8 Å². The molecule has 10 heteroatoms. The monoisotopic (exact) mass is 519 g/mol. The number of nitrogens with one attached hydrogen (secondary N) is 2. The van der Waals surface area contributed by atoms with Gasteiger partial charge >= 0.3 is 0 Å². The number of anilines is 3. The third kappa shape index (κ3) is 4.93.